The molecule has 0 spiro atoms. The molecule has 2 aromatic rings. The first-order valence-corrected chi connectivity index (χ1v) is 3.89. The van der Waals surface area contributed by atoms with Crippen LogP contribution in [0, 0.1) is 0 Å². The Kier molecular flexibility index (Phi) is 1.81. The van der Waals surface area contributed by atoms with Crippen molar-refractivity contribution in [2.24, 2.45) is 0 Å². The molecule has 2 rings (SSSR count). The summed E-state index contributed by atoms with van der Waals surface area (Å²) < 4.78 is 4.91. The van der Waals surface area contributed by atoms with Gasteiger partial charge in [-0.1, -0.05) is 0 Å². The average molecular weight is 193 g/mol. The zero-order chi connectivity index (χ0) is 10.1. The van der Waals surface area contributed by atoms with Gasteiger partial charge in [0.15, 0.2) is 5.52 Å². The van der Waals surface area contributed by atoms with E-state index >= 15 is 0 Å². The van der Waals surface area contributed by atoms with Crippen LogP contribution in [0.2, 0.25) is 0 Å². The van der Waals surface area contributed by atoms with E-state index in [4.69, 9.17) is 9.52 Å². The normalized spacial score (nSPS) is 10.4. The van der Waals surface area contributed by atoms with E-state index < -0.39 is 5.97 Å². The van der Waals surface area contributed by atoms with Gasteiger partial charge < -0.3 is 14.8 Å². The van der Waals surface area contributed by atoms with Gasteiger partial charge in [-0.2, -0.15) is 4.98 Å². The minimum atomic E-state index is -1.20. The number of fused-ring (bicyclic) bond motifs is 1. The van der Waals surface area contributed by atoms with Crippen LogP contribution in [0.5, 0.6) is 0 Å². The third-order valence-electron chi connectivity index (χ3n) is 1.75. The zero-order valence-corrected chi connectivity index (χ0v) is 7.31. The summed E-state index contributed by atoms with van der Waals surface area (Å²) in [5.74, 6) is -1.56. The summed E-state index contributed by atoms with van der Waals surface area (Å²) in [6.45, 7) is 0. The molecular formula is C8H7N3O3. The van der Waals surface area contributed by atoms with Gasteiger partial charge in [-0.15, -0.1) is 0 Å². The molecule has 0 aliphatic rings. The van der Waals surface area contributed by atoms with Gasteiger partial charge in [0, 0.05) is 13.2 Å². The first kappa shape index (κ1) is 8.49. The van der Waals surface area contributed by atoms with Gasteiger partial charge in [-0.3, -0.25) is 0 Å². The van der Waals surface area contributed by atoms with Crippen molar-refractivity contribution in [2.45, 2.75) is 0 Å². The number of aromatic carboxylic acids is 1. The van der Waals surface area contributed by atoms with Gasteiger partial charge in [-0.25, -0.2) is 9.78 Å². The van der Waals surface area contributed by atoms with E-state index in [1.165, 1.54) is 6.20 Å². The lowest BCUT2D eigenvalue weighted by Crippen LogP contribution is -1.95. The molecule has 6 nitrogen and oxygen atoms in total. The first-order chi connectivity index (χ1) is 6.72. The molecule has 72 valence electrons. The number of aromatic nitrogens is 2. The number of nitrogens with zero attached hydrogens (tertiary/aromatic N) is 2. The Morgan fingerprint density at radius 1 is 1.64 bits per heavy atom. The maximum atomic E-state index is 10.6. The maximum Gasteiger partial charge on any atom is 0.392 e. The maximum absolute atomic E-state index is 10.6. The molecule has 0 radical (unpaired) electrons. The minimum absolute atomic E-state index is 0.217. The summed E-state index contributed by atoms with van der Waals surface area (Å²) in [7, 11) is 1.71. The molecule has 6 heteroatoms. The van der Waals surface area contributed by atoms with E-state index in [2.05, 4.69) is 15.3 Å². The molecule has 14 heavy (non-hydrogen) atoms. The fraction of sp³-hybridized carbons (Fsp3) is 0.125. The van der Waals surface area contributed by atoms with E-state index in [-0.39, 0.29) is 11.6 Å². The number of nitrogens with one attached hydrogen (secondary N) is 1. The van der Waals surface area contributed by atoms with Crippen LogP contribution in [0.15, 0.2) is 16.7 Å². The quantitative estimate of drug-likeness (QED) is 0.738. The SMILES string of the molecule is CNc1ccnc2oc(C(=O)O)nc12. The number of hydrogen-bond donors (Lipinski definition) is 2. The van der Waals surface area contributed by atoms with Crippen molar-refractivity contribution in [3.8, 4) is 0 Å². The molecule has 0 atom stereocenters. The second-order valence-electron chi connectivity index (χ2n) is 2.59. The van der Waals surface area contributed by atoms with E-state index in [1.54, 1.807) is 13.1 Å². The Bertz CT molecular complexity index is 492. The van der Waals surface area contributed by atoms with Crippen LogP contribution >= 0.6 is 0 Å². The summed E-state index contributed by atoms with van der Waals surface area (Å²) in [6, 6.07) is 1.69. The van der Waals surface area contributed by atoms with Crippen LogP contribution in [-0.4, -0.2) is 28.1 Å². The minimum Gasteiger partial charge on any atom is -0.474 e. The highest BCUT2D eigenvalue weighted by Crippen LogP contribution is 2.20. The summed E-state index contributed by atoms with van der Waals surface area (Å²) in [5.41, 5.74) is 1.33. The lowest BCUT2D eigenvalue weighted by molar-refractivity contribution is 0.0656. The van der Waals surface area contributed by atoms with Crippen molar-refractivity contribution in [3.05, 3.63) is 18.2 Å². The van der Waals surface area contributed by atoms with E-state index in [0.717, 1.165) is 0 Å². The number of carboxylic acids is 1. The van der Waals surface area contributed by atoms with Crippen molar-refractivity contribution >= 4 is 22.9 Å². The molecular weight excluding hydrogens is 186 g/mol. The lowest BCUT2D eigenvalue weighted by atomic mass is 10.4. The van der Waals surface area contributed by atoms with Crippen LogP contribution in [-0.2, 0) is 0 Å². The monoisotopic (exact) mass is 193 g/mol. The van der Waals surface area contributed by atoms with Crippen molar-refractivity contribution in [1.29, 1.82) is 0 Å². The Hall–Kier alpha value is -2.11. The smallest absolute Gasteiger partial charge is 0.392 e. The summed E-state index contributed by atoms with van der Waals surface area (Å²) >= 11 is 0. The van der Waals surface area contributed by atoms with Crippen LogP contribution in [0.1, 0.15) is 10.7 Å². The molecule has 0 aliphatic heterocycles. The summed E-state index contributed by atoms with van der Waals surface area (Å²) in [4.78, 5) is 18.2. The van der Waals surface area contributed by atoms with Crippen molar-refractivity contribution < 1.29 is 14.3 Å². The van der Waals surface area contributed by atoms with Crippen molar-refractivity contribution in [3.63, 3.8) is 0 Å². The predicted octanol–water partition coefficient (Wildman–Crippen LogP) is 0.963. The van der Waals surface area contributed by atoms with Gasteiger partial charge in [0.25, 0.3) is 0 Å². The molecule has 2 heterocycles. The number of carbonyl (C=O) groups is 1. The largest absolute Gasteiger partial charge is 0.474 e. The van der Waals surface area contributed by atoms with Crippen LogP contribution in [0.25, 0.3) is 11.2 Å². The zero-order valence-electron chi connectivity index (χ0n) is 7.31. The number of hydrogen-bond acceptors (Lipinski definition) is 5. The third-order valence-corrected chi connectivity index (χ3v) is 1.75. The van der Waals surface area contributed by atoms with Gasteiger partial charge in [-0.05, 0) is 6.07 Å². The lowest BCUT2D eigenvalue weighted by Gasteiger charge is -1.96. The molecule has 0 saturated heterocycles. The molecule has 0 saturated carbocycles. The fourth-order valence-electron chi connectivity index (χ4n) is 1.13. The summed E-state index contributed by atoms with van der Waals surface area (Å²) in [6.07, 6.45) is 1.52. The van der Waals surface area contributed by atoms with E-state index in [0.29, 0.717) is 11.2 Å². The van der Waals surface area contributed by atoms with E-state index in [9.17, 15) is 4.79 Å². The standard InChI is InChI=1S/C8H7N3O3/c1-9-4-2-3-10-6-5(4)11-7(14-6)8(12)13/h2-3H,1H3,(H,9,10)(H,12,13). The van der Waals surface area contributed by atoms with Crippen molar-refractivity contribution in [2.75, 3.05) is 12.4 Å². The second kappa shape index (κ2) is 2.99. The Balaban J connectivity index is 2.70. The van der Waals surface area contributed by atoms with Crippen LogP contribution < -0.4 is 5.32 Å². The number of anilines is 1. The Morgan fingerprint density at radius 2 is 2.43 bits per heavy atom. The highest BCUT2D eigenvalue weighted by molar-refractivity contribution is 5.90. The molecule has 0 fully saturated rings. The average Bonchev–Trinajstić information content (AvgIpc) is 2.60. The van der Waals surface area contributed by atoms with Crippen LogP contribution in [0.4, 0.5) is 5.69 Å². The number of oxazole rings is 1. The molecule has 0 amide bonds. The molecule has 0 aliphatic carbocycles. The van der Waals surface area contributed by atoms with Crippen molar-refractivity contribution in [1.82, 2.24) is 9.97 Å². The van der Waals surface area contributed by atoms with Gasteiger partial charge in [0.1, 0.15) is 0 Å². The molecule has 0 aromatic carbocycles. The third kappa shape index (κ3) is 1.17. The molecule has 2 aromatic heterocycles. The van der Waals surface area contributed by atoms with Gasteiger partial charge >= 0.3 is 11.9 Å². The highest BCUT2D eigenvalue weighted by atomic mass is 16.4. The van der Waals surface area contributed by atoms with E-state index in [1.807, 2.05) is 0 Å². The molecule has 0 unspecified atom stereocenters. The second-order valence-corrected chi connectivity index (χ2v) is 2.59. The van der Waals surface area contributed by atoms with Gasteiger partial charge in [0.2, 0.25) is 5.71 Å². The Morgan fingerprint density at radius 3 is 3.07 bits per heavy atom. The number of rotatable bonds is 2. The Labute approximate surface area is 78.6 Å². The predicted molar refractivity (Wildman–Crippen MR) is 48.3 cm³/mol. The molecule has 0 bridgehead atoms. The van der Waals surface area contributed by atoms with Gasteiger partial charge in [0.05, 0.1) is 5.69 Å². The number of carboxylic acid groups (broad SMARTS) is 1. The topological polar surface area (TPSA) is 88.2 Å². The fourth-order valence-corrected chi connectivity index (χ4v) is 1.13. The highest BCUT2D eigenvalue weighted by Gasteiger charge is 2.15. The first-order valence-electron chi connectivity index (χ1n) is 3.89. The van der Waals surface area contributed by atoms with Crippen LogP contribution in [0.3, 0.4) is 0 Å². The summed E-state index contributed by atoms with van der Waals surface area (Å²) in [5, 5.41) is 11.5. The molecule has 2 N–H and O–H groups in total. The number of pyridine rings is 1.